The summed E-state index contributed by atoms with van der Waals surface area (Å²) in [6, 6.07) is 2.15. The molecule has 0 saturated heterocycles. The van der Waals surface area contributed by atoms with Crippen LogP contribution in [-0.2, 0) is 5.33 Å². The van der Waals surface area contributed by atoms with Crippen LogP contribution >= 0.6 is 15.9 Å². The Morgan fingerprint density at radius 1 is 1.45 bits per heavy atom. The summed E-state index contributed by atoms with van der Waals surface area (Å²) in [6.07, 6.45) is 1.84. The predicted molar refractivity (Wildman–Crippen MR) is 54.3 cm³/mol. The van der Waals surface area contributed by atoms with E-state index in [0.717, 1.165) is 5.33 Å². The van der Waals surface area contributed by atoms with Gasteiger partial charge < -0.3 is 4.42 Å². The number of furan rings is 1. The van der Waals surface area contributed by atoms with Gasteiger partial charge in [-0.25, -0.2) is 0 Å². The van der Waals surface area contributed by atoms with Gasteiger partial charge in [-0.2, -0.15) is 0 Å². The van der Waals surface area contributed by atoms with Crippen LogP contribution in [0.15, 0.2) is 16.7 Å². The molecule has 0 saturated carbocycles. The maximum absolute atomic E-state index is 5.45. The van der Waals surface area contributed by atoms with Gasteiger partial charge in [-0.3, -0.25) is 0 Å². The van der Waals surface area contributed by atoms with Crippen LogP contribution in [0.3, 0.4) is 0 Å². The SMILES string of the molecule is C[Si](C)(C)c1cc(CBr)co1. The highest BCUT2D eigenvalue weighted by Crippen LogP contribution is 2.09. The topological polar surface area (TPSA) is 13.1 Å². The van der Waals surface area contributed by atoms with E-state index in [-0.39, 0.29) is 0 Å². The van der Waals surface area contributed by atoms with E-state index in [1.807, 2.05) is 6.26 Å². The van der Waals surface area contributed by atoms with E-state index in [4.69, 9.17) is 4.42 Å². The Morgan fingerprint density at radius 2 is 2.09 bits per heavy atom. The number of hydrogen-bond donors (Lipinski definition) is 0. The third kappa shape index (κ3) is 2.20. The zero-order valence-electron chi connectivity index (χ0n) is 7.15. The van der Waals surface area contributed by atoms with E-state index in [1.54, 1.807) is 0 Å². The first-order valence-electron chi connectivity index (χ1n) is 3.68. The fourth-order valence-corrected chi connectivity index (χ4v) is 2.16. The van der Waals surface area contributed by atoms with Crippen LogP contribution in [0.25, 0.3) is 0 Å². The standard InChI is InChI=1S/C8H13BrOSi/c1-11(2,3)8-4-7(5-9)6-10-8/h4,6H,5H2,1-3H3. The smallest absolute Gasteiger partial charge is 0.123 e. The number of alkyl halides is 1. The molecule has 0 aliphatic rings. The third-order valence-corrected chi connectivity index (χ3v) is 3.94. The zero-order valence-corrected chi connectivity index (χ0v) is 9.73. The van der Waals surface area contributed by atoms with E-state index in [2.05, 4.69) is 41.6 Å². The fraction of sp³-hybridized carbons (Fsp3) is 0.500. The molecule has 11 heavy (non-hydrogen) atoms. The lowest BCUT2D eigenvalue weighted by Gasteiger charge is -2.10. The van der Waals surface area contributed by atoms with E-state index in [1.165, 1.54) is 10.9 Å². The molecule has 1 aromatic rings. The highest BCUT2D eigenvalue weighted by molar-refractivity contribution is 9.08. The molecule has 0 radical (unpaired) electrons. The monoisotopic (exact) mass is 232 g/mol. The molecule has 0 fully saturated rings. The largest absolute Gasteiger partial charge is 0.474 e. The van der Waals surface area contributed by atoms with E-state index < -0.39 is 8.07 Å². The van der Waals surface area contributed by atoms with Crippen molar-refractivity contribution in [2.75, 3.05) is 0 Å². The highest BCUT2D eigenvalue weighted by Gasteiger charge is 2.20. The van der Waals surface area contributed by atoms with Gasteiger partial charge in [-0.05, 0) is 6.07 Å². The van der Waals surface area contributed by atoms with Gasteiger partial charge in [-0.1, -0.05) is 35.6 Å². The van der Waals surface area contributed by atoms with Crippen molar-refractivity contribution in [1.82, 2.24) is 0 Å². The normalized spacial score (nSPS) is 12.0. The molecule has 0 atom stereocenters. The van der Waals surface area contributed by atoms with Crippen molar-refractivity contribution in [1.29, 1.82) is 0 Å². The Balaban J connectivity index is 2.89. The van der Waals surface area contributed by atoms with E-state index >= 15 is 0 Å². The molecule has 1 nitrogen and oxygen atoms in total. The van der Waals surface area contributed by atoms with Crippen LogP contribution in [0.5, 0.6) is 0 Å². The lowest BCUT2D eigenvalue weighted by molar-refractivity contribution is 0.595. The van der Waals surface area contributed by atoms with E-state index in [9.17, 15) is 0 Å². The molecule has 0 aromatic carbocycles. The van der Waals surface area contributed by atoms with Crippen molar-refractivity contribution < 1.29 is 4.42 Å². The van der Waals surface area contributed by atoms with Crippen LogP contribution in [-0.4, -0.2) is 8.07 Å². The zero-order chi connectivity index (χ0) is 8.48. The second-order valence-corrected chi connectivity index (χ2v) is 9.26. The summed E-state index contributed by atoms with van der Waals surface area (Å²) in [4.78, 5) is 0. The molecule has 3 heteroatoms. The van der Waals surface area contributed by atoms with Crippen molar-refractivity contribution >= 4 is 29.4 Å². The maximum atomic E-state index is 5.45. The Labute approximate surface area is 76.9 Å². The number of hydrogen-bond acceptors (Lipinski definition) is 1. The van der Waals surface area contributed by atoms with Gasteiger partial charge >= 0.3 is 0 Å². The first-order chi connectivity index (χ1) is 5.04. The molecule has 0 spiro atoms. The van der Waals surface area contributed by atoms with Crippen molar-refractivity contribution in [3.63, 3.8) is 0 Å². The van der Waals surface area contributed by atoms with Gasteiger partial charge in [0.15, 0.2) is 0 Å². The lowest BCUT2D eigenvalue weighted by Crippen LogP contribution is -2.36. The molecule has 62 valence electrons. The molecule has 0 unspecified atom stereocenters. The van der Waals surface area contributed by atoms with Crippen LogP contribution in [0.1, 0.15) is 5.56 Å². The Kier molecular flexibility index (Phi) is 2.60. The Hall–Kier alpha value is -0.0231. The van der Waals surface area contributed by atoms with Crippen LogP contribution < -0.4 is 5.38 Å². The van der Waals surface area contributed by atoms with Gasteiger partial charge in [0.05, 0.1) is 11.6 Å². The molecule has 1 rings (SSSR count). The Morgan fingerprint density at radius 3 is 2.36 bits per heavy atom. The second kappa shape index (κ2) is 3.15. The summed E-state index contributed by atoms with van der Waals surface area (Å²) >= 11 is 3.39. The second-order valence-electron chi connectivity index (χ2n) is 3.70. The molecule has 0 N–H and O–H groups in total. The van der Waals surface area contributed by atoms with Crippen molar-refractivity contribution in [3.8, 4) is 0 Å². The van der Waals surface area contributed by atoms with Gasteiger partial charge in [0.2, 0.25) is 0 Å². The summed E-state index contributed by atoms with van der Waals surface area (Å²) in [6.45, 7) is 6.84. The molecular formula is C8H13BrOSi. The van der Waals surface area contributed by atoms with Gasteiger partial charge in [0.1, 0.15) is 8.07 Å². The van der Waals surface area contributed by atoms with Crippen LogP contribution in [0.4, 0.5) is 0 Å². The summed E-state index contributed by atoms with van der Waals surface area (Å²) in [5, 5.41) is 2.08. The minimum atomic E-state index is -1.22. The quantitative estimate of drug-likeness (QED) is 0.565. The molecule has 1 aromatic heterocycles. The third-order valence-electron chi connectivity index (χ3n) is 1.55. The summed E-state index contributed by atoms with van der Waals surface area (Å²) in [5.41, 5.74) is 1.24. The number of rotatable bonds is 2. The molecule has 0 aliphatic heterocycles. The minimum Gasteiger partial charge on any atom is -0.474 e. The molecular weight excluding hydrogens is 220 g/mol. The van der Waals surface area contributed by atoms with Gasteiger partial charge in [-0.15, -0.1) is 0 Å². The molecule has 0 amide bonds. The summed E-state index contributed by atoms with van der Waals surface area (Å²) in [5.74, 6) is 0. The average molecular weight is 233 g/mol. The maximum Gasteiger partial charge on any atom is 0.123 e. The van der Waals surface area contributed by atoms with E-state index in [0.29, 0.717) is 0 Å². The number of halogens is 1. The summed E-state index contributed by atoms with van der Waals surface area (Å²) in [7, 11) is -1.22. The predicted octanol–water partition coefficient (Wildman–Crippen LogP) is 2.72. The highest BCUT2D eigenvalue weighted by atomic mass is 79.9. The molecule has 0 bridgehead atoms. The minimum absolute atomic E-state index is 0.890. The average Bonchev–Trinajstić information content (AvgIpc) is 2.32. The van der Waals surface area contributed by atoms with Crippen LogP contribution in [0, 0.1) is 0 Å². The molecule has 0 aliphatic carbocycles. The van der Waals surface area contributed by atoms with Crippen molar-refractivity contribution in [2.24, 2.45) is 0 Å². The Bertz CT molecular complexity index is 236. The van der Waals surface area contributed by atoms with Gasteiger partial charge in [0.25, 0.3) is 0 Å². The lowest BCUT2D eigenvalue weighted by atomic mass is 10.4. The van der Waals surface area contributed by atoms with Crippen LogP contribution in [0.2, 0.25) is 19.6 Å². The molecule has 1 heterocycles. The van der Waals surface area contributed by atoms with Gasteiger partial charge in [0, 0.05) is 10.9 Å². The summed E-state index contributed by atoms with van der Waals surface area (Å²) < 4.78 is 5.45. The first kappa shape index (κ1) is 9.07. The van der Waals surface area contributed by atoms with Crippen molar-refractivity contribution in [2.45, 2.75) is 25.0 Å². The fourth-order valence-electron chi connectivity index (χ4n) is 0.839. The van der Waals surface area contributed by atoms with Crippen molar-refractivity contribution in [3.05, 3.63) is 17.9 Å². The first-order valence-corrected chi connectivity index (χ1v) is 8.30.